The van der Waals surface area contributed by atoms with E-state index in [-0.39, 0.29) is 0 Å². The van der Waals surface area contributed by atoms with Gasteiger partial charge in [-0.25, -0.2) is 0 Å². The second kappa shape index (κ2) is 3.92. The van der Waals surface area contributed by atoms with Crippen molar-refractivity contribution in [1.82, 2.24) is 0 Å². The predicted octanol–water partition coefficient (Wildman–Crippen LogP) is 2.10. The van der Waals surface area contributed by atoms with Gasteiger partial charge in [0.15, 0.2) is 0 Å². The average molecular weight is 239 g/mol. The van der Waals surface area contributed by atoms with Gasteiger partial charge < -0.3 is 0 Å². The first-order chi connectivity index (χ1) is 7.16. The molecule has 1 aromatic carbocycles. The fourth-order valence-corrected chi connectivity index (χ4v) is 2.44. The van der Waals surface area contributed by atoms with Crippen molar-refractivity contribution >= 4 is 37.8 Å². The highest BCUT2D eigenvalue weighted by Gasteiger charge is 2.08. The highest BCUT2D eigenvalue weighted by atomic mass is 32.2. The number of nitrogens with zero attached hydrogens (tertiary/aromatic N) is 1. The fourth-order valence-electron chi connectivity index (χ4n) is 1.20. The van der Waals surface area contributed by atoms with Crippen LogP contribution in [0.3, 0.4) is 0 Å². The lowest BCUT2D eigenvalue weighted by Gasteiger charge is -1.82. The minimum absolute atomic E-state index is 0.334. The summed E-state index contributed by atoms with van der Waals surface area (Å²) in [5.41, 5.74) is 0. The molecule has 1 aromatic heterocycles. The van der Waals surface area contributed by atoms with E-state index in [1.54, 1.807) is 6.07 Å². The van der Waals surface area contributed by atoms with Crippen molar-refractivity contribution in [3.63, 3.8) is 0 Å². The molecular weight excluding hydrogens is 234 g/mol. The maximum Gasteiger partial charge on any atom is 0.319 e. The van der Waals surface area contributed by atoms with Gasteiger partial charge in [-0.05, 0) is 17.5 Å². The zero-order chi connectivity index (χ0) is 10.8. The lowest BCUT2D eigenvalue weighted by molar-refractivity contribution is 0.101. The zero-order valence-electron chi connectivity index (χ0n) is 7.38. The molecule has 0 unspecified atom stereocenters. The lowest BCUT2D eigenvalue weighted by Crippen LogP contribution is -1.88. The standard InChI is InChI=1S/C9H5NO3S2/c11-9(10-15(12)13)8-5-6-3-1-2-4-7(6)14-8/h1-5H. The zero-order valence-corrected chi connectivity index (χ0v) is 9.01. The van der Waals surface area contributed by atoms with Gasteiger partial charge in [0.25, 0.3) is 0 Å². The molecule has 0 N–H and O–H groups in total. The number of benzene rings is 1. The Hall–Kier alpha value is -1.53. The van der Waals surface area contributed by atoms with Crippen LogP contribution in [-0.4, -0.2) is 14.3 Å². The van der Waals surface area contributed by atoms with E-state index < -0.39 is 16.4 Å². The molecule has 0 atom stereocenters. The Bertz CT molecular complexity index is 614. The van der Waals surface area contributed by atoms with E-state index in [1.807, 2.05) is 24.3 Å². The molecule has 0 bridgehead atoms. The second-order valence-electron chi connectivity index (χ2n) is 2.76. The summed E-state index contributed by atoms with van der Waals surface area (Å²) in [6.07, 6.45) is 0. The molecule has 2 aromatic rings. The van der Waals surface area contributed by atoms with Crippen molar-refractivity contribution in [2.75, 3.05) is 0 Å². The molecule has 15 heavy (non-hydrogen) atoms. The van der Waals surface area contributed by atoms with Crippen LogP contribution >= 0.6 is 11.3 Å². The summed E-state index contributed by atoms with van der Waals surface area (Å²) < 4.78 is 24.3. The fraction of sp³-hybridized carbons (Fsp3) is 0. The van der Waals surface area contributed by atoms with Gasteiger partial charge >= 0.3 is 16.4 Å². The molecule has 6 heteroatoms. The minimum atomic E-state index is -2.69. The van der Waals surface area contributed by atoms with Crippen LogP contribution in [0.25, 0.3) is 10.1 Å². The Morgan fingerprint density at radius 1 is 1.27 bits per heavy atom. The van der Waals surface area contributed by atoms with Crippen LogP contribution < -0.4 is 0 Å². The number of amides is 1. The largest absolute Gasteiger partial charge is 0.319 e. The smallest absolute Gasteiger partial charge is 0.265 e. The van der Waals surface area contributed by atoms with E-state index in [0.29, 0.717) is 4.88 Å². The molecule has 0 aliphatic rings. The first-order valence-corrected chi connectivity index (χ1v) is 5.85. The summed E-state index contributed by atoms with van der Waals surface area (Å²) in [5, 5.41) is 0.915. The molecule has 2 rings (SSSR count). The molecule has 0 aliphatic heterocycles. The molecule has 76 valence electrons. The molecular formula is C9H5NO3S2. The van der Waals surface area contributed by atoms with Gasteiger partial charge in [0.05, 0.1) is 4.88 Å². The molecule has 0 saturated heterocycles. The molecule has 4 nitrogen and oxygen atoms in total. The topological polar surface area (TPSA) is 63.6 Å². The van der Waals surface area contributed by atoms with E-state index in [9.17, 15) is 13.2 Å². The first kappa shape index (κ1) is 10.0. The SMILES string of the molecule is O=C(N=S(=O)=O)c1cc2ccccc2s1. The monoisotopic (exact) mass is 239 g/mol. The summed E-state index contributed by atoms with van der Waals surface area (Å²) in [7, 11) is -2.69. The van der Waals surface area contributed by atoms with Gasteiger partial charge in [0, 0.05) is 4.70 Å². The molecule has 0 saturated carbocycles. The van der Waals surface area contributed by atoms with Crippen LogP contribution in [-0.2, 0) is 10.5 Å². The van der Waals surface area contributed by atoms with Crippen LogP contribution in [0, 0.1) is 0 Å². The quantitative estimate of drug-likeness (QED) is 0.765. The molecule has 0 aliphatic carbocycles. The maximum atomic E-state index is 11.3. The molecule has 0 fully saturated rings. The van der Waals surface area contributed by atoms with Crippen molar-refractivity contribution < 1.29 is 13.2 Å². The number of rotatable bonds is 1. The number of hydrogen-bond acceptors (Lipinski definition) is 4. The number of hydrogen-bond donors (Lipinski definition) is 0. The van der Waals surface area contributed by atoms with E-state index in [2.05, 4.69) is 4.36 Å². The summed E-state index contributed by atoms with van der Waals surface area (Å²) in [6.45, 7) is 0. The normalized spacial score (nSPS) is 10.1. The lowest BCUT2D eigenvalue weighted by atomic mass is 10.2. The minimum Gasteiger partial charge on any atom is -0.265 e. The molecule has 0 radical (unpaired) electrons. The van der Waals surface area contributed by atoms with Gasteiger partial charge in [0.2, 0.25) is 0 Å². The van der Waals surface area contributed by atoms with E-state index in [4.69, 9.17) is 0 Å². The van der Waals surface area contributed by atoms with E-state index in [0.717, 1.165) is 10.1 Å². The van der Waals surface area contributed by atoms with Crippen molar-refractivity contribution in [3.05, 3.63) is 35.2 Å². The maximum absolute atomic E-state index is 11.3. The Kier molecular flexibility index (Phi) is 2.61. The average Bonchev–Trinajstić information content (AvgIpc) is 2.59. The highest BCUT2D eigenvalue weighted by molar-refractivity contribution is 7.62. The third-order valence-corrected chi connectivity index (χ3v) is 3.21. The number of fused-ring (bicyclic) bond motifs is 1. The van der Waals surface area contributed by atoms with Crippen molar-refractivity contribution in [2.24, 2.45) is 4.36 Å². The molecule has 0 spiro atoms. The first-order valence-electron chi connectivity index (χ1n) is 4.01. The predicted molar refractivity (Wildman–Crippen MR) is 57.5 cm³/mol. The van der Waals surface area contributed by atoms with E-state index in [1.165, 1.54) is 11.3 Å². The van der Waals surface area contributed by atoms with Crippen LogP contribution in [0.1, 0.15) is 9.67 Å². The van der Waals surface area contributed by atoms with Gasteiger partial charge in [-0.1, -0.05) is 22.6 Å². The summed E-state index contributed by atoms with van der Waals surface area (Å²) >= 11 is 1.23. The van der Waals surface area contributed by atoms with Crippen LogP contribution in [0.15, 0.2) is 34.7 Å². The van der Waals surface area contributed by atoms with Crippen LogP contribution in [0.4, 0.5) is 0 Å². The number of carbonyl (C=O) groups is 1. The highest BCUT2D eigenvalue weighted by Crippen LogP contribution is 2.25. The second-order valence-corrected chi connectivity index (χ2v) is 4.46. The van der Waals surface area contributed by atoms with Gasteiger partial charge in [-0.2, -0.15) is 8.42 Å². The summed E-state index contributed by atoms with van der Waals surface area (Å²) in [5.74, 6) is -0.718. The Balaban J connectivity index is 2.54. The molecule has 1 amide bonds. The Labute approximate surface area is 90.9 Å². The van der Waals surface area contributed by atoms with Crippen molar-refractivity contribution in [1.29, 1.82) is 0 Å². The summed E-state index contributed by atoms with van der Waals surface area (Å²) in [4.78, 5) is 11.6. The Morgan fingerprint density at radius 3 is 2.67 bits per heavy atom. The number of carbonyl (C=O) groups excluding carboxylic acids is 1. The Morgan fingerprint density at radius 2 is 2.00 bits per heavy atom. The van der Waals surface area contributed by atoms with Gasteiger partial charge in [0.1, 0.15) is 0 Å². The van der Waals surface area contributed by atoms with Gasteiger partial charge in [-0.15, -0.1) is 11.3 Å². The van der Waals surface area contributed by atoms with Crippen molar-refractivity contribution in [2.45, 2.75) is 0 Å². The number of thiophene rings is 1. The molecule has 1 heterocycles. The third kappa shape index (κ3) is 2.11. The van der Waals surface area contributed by atoms with Crippen LogP contribution in [0.2, 0.25) is 0 Å². The van der Waals surface area contributed by atoms with E-state index >= 15 is 0 Å². The van der Waals surface area contributed by atoms with Crippen LogP contribution in [0.5, 0.6) is 0 Å². The van der Waals surface area contributed by atoms with Gasteiger partial charge in [-0.3, -0.25) is 4.79 Å². The van der Waals surface area contributed by atoms with Crippen molar-refractivity contribution in [3.8, 4) is 0 Å². The third-order valence-electron chi connectivity index (χ3n) is 1.79. The summed E-state index contributed by atoms with van der Waals surface area (Å²) in [6, 6.07) is 9.07.